The van der Waals surface area contributed by atoms with Gasteiger partial charge in [0.1, 0.15) is 14.4 Å². The Balaban J connectivity index is 0.00000196. The smallest absolute Gasteiger partial charge is 0.254 e. The minimum atomic E-state index is -0.586. The summed E-state index contributed by atoms with van der Waals surface area (Å²) in [6.45, 7) is -0.0927. The molecule has 25 heavy (non-hydrogen) atoms. The zero-order valence-electron chi connectivity index (χ0n) is 13.3. The van der Waals surface area contributed by atoms with Gasteiger partial charge in [0.2, 0.25) is 11.9 Å². The standard InChI is InChI=1S/C17H14BFN4O2.H2/c18-9-1-2-12-13(5-9)11-3-4-14(11)23(16(12)25)8-15(24)22-17-20-6-10(19)7-21-17;/h1-2,5-7,11,14H,3-4,8H2,(H,20,21,22,24);1H/t11?,14-;/m0./s1. The third kappa shape index (κ3) is 2.77. The SMILES string of the molecule is [B]c1ccc2c(c1)C1CC[C@@H]1N(CC(=O)Nc1ncc(F)cn1)C2=O.[HH]. The summed E-state index contributed by atoms with van der Waals surface area (Å²) in [6, 6.07) is 5.27. The van der Waals surface area contributed by atoms with E-state index in [-0.39, 0.29) is 31.8 Å². The summed E-state index contributed by atoms with van der Waals surface area (Å²) in [5, 5.41) is 2.49. The number of nitrogens with one attached hydrogen (secondary N) is 1. The molecule has 8 heteroatoms. The molecule has 1 saturated carbocycles. The Labute approximate surface area is 146 Å². The van der Waals surface area contributed by atoms with E-state index in [0.29, 0.717) is 11.0 Å². The van der Waals surface area contributed by atoms with Crippen molar-refractivity contribution in [2.75, 3.05) is 11.9 Å². The van der Waals surface area contributed by atoms with E-state index in [1.807, 2.05) is 6.07 Å². The van der Waals surface area contributed by atoms with Crippen LogP contribution in [0.5, 0.6) is 0 Å². The van der Waals surface area contributed by atoms with Crippen LogP contribution in [0, 0.1) is 5.82 Å². The highest BCUT2D eigenvalue weighted by Gasteiger charge is 2.45. The van der Waals surface area contributed by atoms with Crippen molar-refractivity contribution in [3.63, 3.8) is 0 Å². The molecule has 1 aromatic carbocycles. The maximum absolute atomic E-state index is 12.8. The molecular weight excluding hydrogens is 322 g/mol. The second-order valence-corrected chi connectivity index (χ2v) is 6.30. The van der Waals surface area contributed by atoms with Gasteiger partial charge in [-0.15, -0.1) is 0 Å². The first-order valence-corrected chi connectivity index (χ1v) is 8.00. The van der Waals surface area contributed by atoms with Gasteiger partial charge in [-0.2, -0.15) is 0 Å². The summed E-state index contributed by atoms with van der Waals surface area (Å²) in [7, 11) is 5.84. The molecule has 0 saturated heterocycles. The Hall–Kier alpha value is -2.77. The number of carbonyl (C=O) groups excluding carboxylic acids is 2. The first-order valence-electron chi connectivity index (χ1n) is 8.00. The van der Waals surface area contributed by atoms with Crippen LogP contribution >= 0.6 is 0 Å². The lowest BCUT2D eigenvalue weighted by Crippen LogP contribution is -2.55. The zero-order valence-corrected chi connectivity index (χ0v) is 13.3. The summed E-state index contributed by atoms with van der Waals surface area (Å²) in [6.07, 6.45) is 3.76. The summed E-state index contributed by atoms with van der Waals surface area (Å²) < 4.78 is 12.8. The summed E-state index contributed by atoms with van der Waals surface area (Å²) in [4.78, 5) is 34.0. The van der Waals surface area contributed by atoms with Gasteiger partial charge in [0.25, 0.3) is 5.91 Å². The summed E-state index contributed by atoms with van der Waals surface area (Å²) in [5.41, 5.74) is 2.21. The fourth-order valence-corrected chi connectivity index (χ4v) is 3.49. The van der Waals surface area contributed by atoms with E-state index in [4.69, 9.17) is 7.85 Å². The van der Waals surface area contributed by atoms with Gasteiger partial charge in [-0.05, 0) is 24.5 Å². The monoisotopic (exact) mass is 338 g/mol. The molecule has 2 aliphatic rings. The third-order valence-electron chi connectivity index (χ3n) is 4.79. The lowest BCUT2D eigenvalue weighted by atomic mass is 9.69. The second-order valence-electron chi connectivity index (χ2n) is 6.30. The minimum Gasteiger partial charge on any atom is -0.326 e. The highest BCUT2D eigenvalue weighted by molar-refractivity contribution is 6.32. The number of carbonyl (C=O) groups is 2. The van der Waals surface area contributed by atoms with Crippen LogP contribution in [0.1, 0.15) is 36.1 Å². The number of halogens is 1. The number of fused-ring (bicyclic) bond motifs is 3. The van der Waals surface area contributed by atoms with E-state index in [0.717, 1.165) is 30.8 Å². The fraction of sp³-hybridized carbons (Fsp3) is 0.294. The second kappa shape index (κ2) is 5.95. The van der Waals surface area contributed by atoms with E-state index in [2.05, 4.69) is 15.3 Å². The largest absolute Gasteiger partial charge is 0.326 e. The maximum atomic E-state index is 12.8. The number of aromatic nitrogens is 2. The van der Waals surface area contributed by atoms with Crippen LogP contribution in [0.15, 0.2) is 30.6 Å². The average molecular weight is 338 g/mol. The molecule has 126 valence electrons. The van der Waals surface area contributed by atoms with Crippen molar-refractivity contribution in [2.45, 2.75) is 24.8 Å². The zero-order chi connectivity index (χ0) is 17.6. The number of hydrogen-bond acceptors (Lipinski definition) is 4. The molecule has 4 rings (SSSR count). The van der Waals surface area contributed by atoms with Crippen LogP contribution in [0.2, 0.25) is 0 Å². The molecule has 2 atom stereocenters. The number of rotatable bonds is 3. The predicted octanol–water partition coefficient (Wildman–Crippen LogP) is 0.996. The van der Waals surface area contributed by atoms with Crippen molar-refractivity contribution >= 4 is 31.1 Å². The van der Waals surface area contributed by atoms with Crippen LogP contribution in [0.25, 0.3) is 0 Å². The van der Waals surface area contributed by atoms with Gasteiger partial charge in [0.05, 0.1) is 12.4 Å². The molecule has 2 radical (unpaired) electrons. The van der Waals surface area contributed by atoms with E-state index in [1.54, 1.807) is 17.0 Å². The maximum Gasteiger partial charge on any atom is 0.254 e. The fourth-order valence-electron chi connectivity index (χ4n) is 3.49. The Morgan fingerprint density at radius 2 is 2.12 bits per heavy atom. The number of nitrogens with zero attached hydrogens (tertiary/aromatic N) is 3. The van der Waals surface area contributed by atoms with Crippen molar-refractivity contribution in [2.24, 2.45) is 0 Å². The van der Waals surface area contributed by atoms with Crippen LogP contribution in [-0.4, -0.2) is 47.1 Å². The molecule has 0 spiro atoms. The molecule has 2 amide bonds. The molecule has 2 aromatic rings. The Morgan fingerprint density at radius 1 is 1.36 bits per heavy atom. The predicted molar refractivity (Wildman–Crippen MR) is 91.4 cm³/mol. The highest BCUT2D eigenvalue weighted by Crippen LogP contribution is 2.45. The summed E-state index contributed by atoms with van der Waals surface area (Å²) in [5.74, 6) is -0.951. The number of anilines is 1. The third-order valence-corrected chi connectivity index (χ3v) is 4.79. The first-order chi connectivity index (χ1) is 12.0. The van der Waals surface area contributed by atoms with E-state index in [9.17, 15) is 14.0 Å². The molecule has 1 aliphatic heterocycles. The Kier molecular flexibility index (Phi) is 3.75. The molecule has 1 fully saturated rings. The molecule has 1 N–H and O–H groups in total. The van der Waals surface area contributed by atoms with Gasteiger partial charge < -0.3 is 4.90 Å². The average Bonchev–Trinajstić information content (AvgIpc) is 2.54. The number of hydrogen-bond donors (Lipinski definition) is 1. The van der Waals surface area contributed by atoms with Crippen molar-refractivity contribution in [1.29, 1.82) is 0 Å². The number of benzene rings is 1. The van der Waals surface area contributed by atoms with E-state index in [1.165, 1.54) is 0 Å². The first kappa shape index (κ1) is 15.7. The highest BCUT2D eigenvalue weighted by atomic mass is 19.1. The van der Waals surface area contributed by atoms with Gasteiger partial charge in [-0.25, -0.2) is 14.4 Å². The quantitative estimate of drug-likeness (QED) is 0.847. The van der Waals surface area contributed by atoms with E-state index >= 15 is 0 Å². The lowest BCUT2D eigenvalue weighted by Gasteiger charge is -2.48. The van der Waals surface area contributed by atoms with Crippen molar-refractivity contribution in [3.05, 3.63) is 47.5 Å². The van der Waals surface area contributed by atoms with Crippen molar-refractivity contribution in [1.82, 2.24) is 14.9 Å². The molecule has 1 aliphatic carbocycles. The topological polar surface area (TPSA) is 75.2 Å². The Bertz CT molecular complexity index is 864. The van der Waals surface area contributed by atoms with Crippen LogP contribution < -0.4 is 10.8 Å². The van der Waals surface area contributed by atoms with Gasteiger partial charge in [0.15, 0.2) is 5.82 Å². The molecule has 0 bridgehead atoms. The normalized spacial score (nSPS) is 21.2. The minimum absolute atomic E-state index is 0. The number of amides is 2. The van der Waals surface area contributed by atoms with E-state index < -0.39 is 11.7 Å². The molecule has 1 aromatic heterocycles. The summed E-state index contributed by atoms with van der Waals surface area (Å²) >= 11 is 0. The van der Waals surface area contributed by atoms with Crippen molar-refractivity contribution < 1.29 is 15.4 Å². The molecule has 2 heterocycles. The molecule has 6 nitrogen and oxygen atoms in total. The van der Waals surface area contributed by atoms with Crippen LogP contribution in [0.4, 0.5) is 10.3 Å². The molecule has 1 unspecified atom stereocenters. The van der Waals surface area contributed by atoms with Gasteiger partial charge in [-0.1, -0.05) is 17.6 Å². The van der Waals surface area contributed by atoms with Gasteiger partial charge in [-0.3, -0.25) is 14.9 Å². The van der Waals surface area contributed by atoms with Crippen LogP contribution in [0.3, 0.4) is 0 Å². The van der Waals surface area contributed by atoms with Crippen molar-refractivity contribution in [3.8, 4) is 0 Å². The lowest BCUT2D eigenvalue weighted by molar-refractivity contribution is -0.117. The van der Waals surface area contributed by atoms with Gasteiger partial charge in [0, 0.05) is 18.9 Å². The Morgan fingerprint density at radius 3 is 2.80 bits per heavy atom. The molecular formula is C17H16BFN4O2. The van der Waals surface area contributed by atoms with Crippen LogP contribution in [-0.2, 0) is 4.79 Å². The van der Waals surface area contributed by atoms with Gasteiger partial charge >= 0.3 is 0 Å².